The zero-order valence-electron chi connectivity index (χ0n) is 23.4. The maximum absolute atomic E-state index is 11.2. The Morgan fingerprint density at radius 3 is 2.46 bits per heavy atom. The molecular formula is C33H39NO6S. The predicted molar refractivity (Wildman–Crippen MR) is 163 cm³/mol. The van der Waals surface area contributed by atoms with Crippen LogP contribution in [-0.4, -0.2) is 49.0 Å². The monoisotopic (exact) mass is 577 g/mol. The molecule has 6 rings (SSSR count). The van der Waals surface area contributed by atoms with Gasteiger partial charge < -0.3 is 20.3 Å². The minimum absolute atomic E-state index is 0.140. The van der Waals surface area contributed by atoms with Gasteiger partial charge in [-0.1, -0.05) is 24.3 Å². The Labute approximate surface area is 242 Å². The third-order valence-electron chi connectivity index (χ3n) is 8.97. The normalized spacial score (nSPS) is 22.9. The lowest BCUT2D eigenvalue weighted by atomic mass is 9.91. The molecular weight excluding hydrogens is 538 g/mol. The number of aliphatic hydroxyl groups is 1. The summed E-state index contributed by atoms with van der Waals surface area (Å²) in [4.78, 5) is 11.2. The summed E-state index contributed by atoms with van der Waals surface area (Å²) in [6.45, 7) is 2.95. The number of anilines is 1. The number of carbonyl (C=O) groups is 1. The van der Waals surface area contributed by atoms with Crippen molar-refractivity contribution in [3.05, 3.63) is 82.4 Å². The number of nitrogens with one attached hydrogen (secondary N) is 1. The van der Waals surface area contributed by atoms with Crippen molar-refractivity contribution >= 4 is 22.2 Å². The number of aryl methyl sites for hydroxylation is 3. The van der Waals surface area contributed by atoms with Crippen LogP contribution in [0.25, 0.3) is 11.1 Å². The average Bonchev–Trinajstić information content (AvgIpc) is 3.77. The van der Waals surface area contributed by atoms with E-state index in [-0.39, 0.29) is 29.9 Å². The Bertz CT molecular complexity index is 1440. The number of hydrogen-bond donors (Lipinski definition) is 5. The molecule has 1 heterocycles. The van der Waals surface area contributed by atoms with Crippen LogP contribution in [0.5, 0.6) is 5.75 Å². The summed E-state index contributed by atoms with van der Waals surface area (Å²) in [5.41, 5.74) is 8.54. The SMILES string of the molecule is Cc1cc(OCC2(O)CCS(O)(O)CC2)cc2c1-c1cc(CNc3ccc([C@H]4C[C@@H]4C(=O)O)cc3)ccc1CCC2. The zero-order chi connectivity index (χ0) is 28.8. The van der Waals surface area contributed by atoms with Crippen molar-refractivity contribution < 1.29 is 28.8 Å². The maximum Gasteiger partial charge on any atom is 0.307 e. The van der Waals surface area contributed by atoms with Gasteiger partial charge in [-0.05, 0) is 121 Å². The number of carboxylic acids is 1. The number of benzene rings is 3. The first-order valence-corrected chi connectivity index (χ1v) is 16.4. The van der Waals surface area contributed by atoms with Gasteiger partial charge in [0.05, 0.1) is 5.92 Å². The molecule has 2 atom stereocenters. The minimum Gasteiger partial charge on any atom is -0.491 e. The van der Waals surface area contributed by atoms with E-state index in [1.165, 1.54) is 27.8 Å². The molecule has 3 aromatic rings. The Kier molecular flexibility index (Phi) is 7.53. The van der Waals surface area contributed by atoms with Crippen molar-refractivity contribution in [2.75, 3.05) is 23.4 Å². The number of ether oxygens (including phenoxy) is 1. The highest BCUT2D eigenvalue weighted by molar-refractivity contribution is 8.24. The fourth-order valence-corrected chi connectivity index (χ4v) is 7.95. The minimum atomic E-state index is -2.56. The van der Waals surface area contributed by atoms with Gasteiger partial charge in [0.15, 0.2) is 0 Å². The van der Waals surface area contributed by atoms with Crippen LogP contribution >= 0.6 is 10.6 Å². The van der Waals surface area contributed by atoms with Gasteiger partial charge in [0.25, 0.3) is 0 Å². The molecule has 0 amide bonds. The van der Waals surface area contributed by atoms with Crippen LogP contribution in [0.4, 0.5) is 5.69 Å². The molecule has 8 heteroatoms. The molecule has 0 unspecified atom stereocenters. The molecule has 41 heavy (non-hydrogen) atoms. The Morgan fingerprint density at radius 2 is 1.76 bits per heavy atom. The van der Waals surface area contributed by atoms with Gasteiger partial charge in [-0.25, -0.2) is 0 Å². The van der Waals surface area contributed by atoms with Gasteiger partial charge in [0.1, 0.15) is 18.0 Å². The Hall–Kier alpha value is -3.04. The summed E-state index contributed by atoms with van der Waals surface area (Å²) in [5.74, 6) is 0.392. The number of hydrogen-bond acceptors (Lipinski definition) is 6. The summed E-state index contributed by atoms with van der Waals surface area (Å²) in [6, 6.07) is 19.0. The molecule has 3 aromatic carbocycles. The highest BCUT2D eigenvalue weighted by Gasteiger charge is 2.44. The quantitative estimate of drug-likeness (QED) is 0.205. The third kappa shape index (κ3) is 6.26. The smallest absolute Gasteiger partial charge is 0.307 e. The van der Waals surface area contributed by atoms with Crippen molar-refractivity contribution in [3.8, 4) is 16.9 Å². The van der Waals surface area contributed by atoms with Gasteiger partial charge in [0.2, 0.25) is 0 Å². The summed E-state index contributed by atoms with van der Waals surface area (Å²) in [7, 11) is -2.56. The van der Waals surface area contributed by atoms with Gasteiger partial charge in [-0.15, -0.1) is 0 Å². The van der Waals surface area contributed by atoms with Crippen LogP contribution in [0.3, 0.4) is 0 Å². The molecule has 1 aliphatic heterocycles. The van der Waals surface area contributed by atoms with E-state index in [2.05, 4.69) is 42.6 Å². The second kappa shape index (κ2) is 11.0. The zero-order valence-corrected chi connectivity index (χ0v) is 24.3. The number of rotatable bonds is 8. The fourth-order valence-electron chi connectivity index (χ4n) is 6.33. The first kappa shape index (κ1) is 28.1. The molecule has 7 nitrogen and oxygen atoms in total. The van der Waals surface area contributed by atoms with Crippen molar-refractivity contribution in [1.29, 1.82) is 0 Å². The highest BCUT2D eigenvalue weighted by atomic mass is 32.3. The van der Waals surface area contributed by atoms with E-state index in [0.29, 0.717) is 19.4 Å². The van der Waals surface area contributed by atoms with Crippen LogP contribution in [-0.2, 0) is 24.2 Å². The van der Waals surface area contributed by atoms with E-state index in [9.17, 15) is 24.1 Å². The summed E-state index contributed by atoms with van der Waals surface area (Å²) < 4.78 is 25.9. The molecule has 0 spiro atoms. The molecule has 1 saturated heterocycles. The Morgan fingerprint density at radius 1 is 1.02 bits per heavy atom. The average molecular weight is 578 g/mol. The van der Waals surface area contributed by atoms with Crippen molar-refractivity contribution in [2.24, 2.45) is 5.92 Å². The Balaban J connectivity index is 1.15. The lowest BCUT2D eigenvalue weighted by molar-refractivity contribution is -0.138. The van der Waals surface area contributed by atoms with Crippen LogP contribution in [0.2, 0.25) is 0 Å². The van der Waals surface area contributed by atoms with Crippen molar-refractivity contribution in [2.45, 2.75) is 63.5 Å². The van der Waals surface area contributed by atoms with Crippen LogP contribution in [0.15, 0.2) is 54.6 Å². The summed E-state index contributed by atoms with van der Waals surface area (Å²) >= 11 is 0. The molecule has 2 aliphatic carbocycles. The molecule has 0 aromatic heterocycles. The first-order valence-electron chi connectivity index (χ1n) is 14.5. The van der Waals surface area contributed by atoms with Gasteiger partial charge in [0, 0.05) is 23.7 Å². The molecule has 0 bridgehead atoms. The molecule has 218 valence electrons. The van der Waals surface area contributed by atoms with Gasteiger partial charge in [-0.3, -0.25) is 13.9 Å². The standard InChI is InChI=1S/C33H39NO6S/c1-21-15-27(40-20-33(37)11-13-41(38,39)14-12-33)17-25-4-2-3-23-6-5-22(16-29(23)31(21)25)19-34-26-9-7-24(8-10-26)28-18-30(28)32(35)36/h5-10,15-17,28,30,34,37-39H,2-4,11-14,18-20H2,1H3,(H,35,36)/t28-,30+/m1/s1. The van der Waals surface area contributed by atoms with E-state index >= 15 is 0 Å². The van der Waals surface area contributed by atoms with E-state index in [1.54, 1.807) is 0 Å². The number of carboxylic acid groups (broad SMARTS) is 1. The third-order valence-corrected chi connectivity index (χ3v) is 10.7. The predicted octanol–water partition coefficient (Wildman–Crippen LogP) is 6.61. The first-order chi connectivity index (χ1) is 19.6. The molecule has 0 radical (unpaired) electrons. The van der Waals surface area contributed by atoms with Crippen molar-refractivity contribution in [3.63, 3.8) is 0 Å². The van der Waals surface area contributed by atoms with Gasteiger partial charge in [-0.2, -0.15) is 10.6 Å². The van der Waals surface area contributed by atoms with E-state index in [4.69, 9.17) is 4.74 Å². The largest absolute Gasteiger partial charge is 0.491 e. The molecule has 3 aliphatic rings. The lowest BCUT2D eigenvalue weighted by Gasteiger charge is -2.43. The highest BCUT2D eigenvalue weighted by Crippen LogP contribution is 2.48. The van der Waals surface area contributed by atoms with Crippen LogP contribution in [0.1, 0.15) is 59.4 Å². The molecule has 2 fully saturated rings. The molecule has 5 N–H and O–H groups in total. The van der Waals surface area contributed by atoms with Crippen LogP contribution < -0.4 is 10.1 Å². The lowest BCUT2D eigenvalue weighted by Crippen LogP contribution is -2.42. The van der Waals surface area contributed by atoms with E-state index < -0.39 is 22.2 Å². The molecule has 1 saturated carbocycles. The number of fused-ring (bicyclic) bond motifs is 3. The number of aliphatic carboxylic acids is 1. The van der Waals surface area contributed by atoms with Gasteiger partial charge >= 0.3 is 5.97 Å². The summed E-state index contributed by atoms with van der Waals surface area (Å²) in [5, 5.41) is 23.6. The van der Waals surface area contributed by atoms with Crippen molar-refractivity contribution in [1.82, 2.24) is 0 Å². The summed E-state index contributed by atoms with van der Waals surface area (Å²) in [6.07, 6.45) is 4.41. The maximum atomic E-state index is 11.2. The van der Waals surface area contributed by atoms with Crippen LogP contribution in [0, 0.1) is 12.8 Å². The topological polar surface area (TPSA) is 119 Å². The van der Waals surface area contributed by atoms with E-state index in [0.717, 1.165) is 48.2 Å². The second-order valence-corrected chi connectivity index (χ2v) is 14.5. The van der Waals surface area contributed by atoms with E-state index in [1.807, 2.05) is 24.3 Å². The second-order valence-electron chi connectivity index (χ2n) is 12.1. The fraction of sp³-hybridized carbons (Fsp3) is 0.424.